The Hall–Kier alpha value is -1.86. The van der Waals surface area contributed by atoms with E-state index < -0.39 is 0 Å². The number of nitrogens with two attached hydrogens (primary N) is 1. The van der Waals surface area contributed by atoms with Crippen LogP contribution < -0.4 is 10.6 Å². The number of likely N-dealkylation sites (tertiary alicyclic amines) is 1. The lowest BCUT2D eigenvalue weighted by Gasteiger charge is -2.28. The molecule has 24 heavy (non-hydrogen) atoms. The van der Waals surface area contributed by atoms with E-state index in [9.17, 15) is 4.79 Å². The van der Waals surface area contributed by atoms with Gasteiger partial charge in [0.2, 0.25) is 0 Å². The molecule has 1 aliphatic heterocycles. The molecular weight excluding hydrogens is 322 g/mol. The minimum atomic E-state index is -0.234. The number of primary amides is 1. The van der Waals surface area contributed by atoms with Crippen LogP contribution in [0.1, 0.15) is 30.1 Å². The van der Waals surface area contributed by atoms with Crippen LogP contribution in [0.2, 0.25) is 0 Å². The summed E-state index contributed by atoms with van der Waals surface area (Å²) in [4.78, 5) is 12.4. The van der Waals surface area contributed by atoms with Gasteiger partial charge in [0, 0.05) is 12.8 Å². The number of hydrogen-bond donors (Lipinski definition) is 2. The molecule has 0 spiro atoms. The first-order valence-electron chi connectivity index (χ1n) is 8.31. The number of carbonyl (C=O) groups excluding carboxylic acids is 1. The second-order valence-corrected chi connectivity index (χ2v) is 7.30. The molecule has 1 saturated heterocycles. The van der Waals surface area contributed by atoms with Crippen molar-refractivity contribution in [3.8, 4) is 0 Å². The lowest BCUT2D eigenvalue weighted by molar-refractivity contribution is -0.898. The summed E-state index contributed by atoms with van der Waals surface area (Å²) in [5.74, 6) is 2.02. The SMILES string of the molecule is Cn1c(SCc2ccccc2)nnc1[C@H]1CCC[NH+](CC(N)=O)C1. The van der Waals surface area contributed by atoms with Crippen molar-refractivity contribution in [1.82, 2.24) is 14.8 Å². The molecule has 3 N–H and O–H groups in total. The third kappa shape index (κ3) is 4.15. The zero-order valence-corrected chi connectivity index (χ0v) is 14.8. The van der Waals surface area contributed by atoms with Gasteiger partial charge in [-0.2, -0.15) is 0 Å². The van der Waals surface area contributed by atoms with E-state index >= 15 is 0 Å². The van der Waals surface area contributed by atoms with Crippen LogP contribution in [-0.4, -0.2) is 40.3 Å². The standard InChI is InChI=1S/C17H23N5OS/c1-21-16(14-8-5-9-22(10-14)11-15(18)23)19-20-17(21)24-12-13-6-3-2-4-7-13/h2-4,6-7,14H,5,8-12H2,1H3,(H2,18,23)/p+1/t14-/m0/s1. The van der Waals surface area contributed by atoms with E-state index in [0.717, 1.165) is 42.7 Å². The molecule has 6 nitrogen and oxygen atoms in total. The Bertz CT molecular complexity index is 688. The van der Waals surface area contributed by atoms with Gasteiger partial charge < -0.3 is 15.2 Å². The Kier molecular flexibility index (Phi) is 5.52. The topological polar surface area (TPSA) is 78.2 Å². The van der Waals surface area contributed by atoms with Gasteiger partial charge in [-0.05, 0) is 18.4 Å². The fourth-order valence-electron chi connectivity index (χ4n) is 3.31. The van der Waals surface area contributed by atoms with Crippen LogP contribution in [0.5, 0.6) is 0 Å². The Labute approximate surface area is 146 Å². The molecule has 2 atom stereocenters. The van der Waals surface area contributed by atoms with Crippen molar-refractivity contribution in [2.24, 2.45) is 12.8 Å². The maximum atomic E-state index is 11.2. The normalized spacial score (nSPS) is 20.9. The van der Waals surface area contributed by atoms with E-state index in [1.807, 2.05) is 13.1 Å². The van der Waals surface area contributed by atoms with Gasteiger partial charge in [-0.15, -0.1) is 10.2 Å². The summed E-state index contributed by atoms with van der Waals surface area (Å²) in [7, 11) is 2.03. The second kappa shape index (κ2) is 7.81. The molecule has 1 amide bonds. The number of thioether (sulfide) groups is 1. The van der Waals surface area contributed by atoms with Crippen molar-refractivity contribution in [3.05, 3.63) is 41.7 Å². The minimum Gasteiger partial charge on any atom is -0.365 e. The van der Waals surface area contributed by atoms with Crippen LogP contribution in [-0.2, 0) is 17.6 Å². The first-order chi connectivity index (χ1) is 11.6. The molecule has 3 rings (SSSR count). The van der Waals surface area contributed by atoms with Crippen LogP contribution in [0.3, 0.4) is 0 Å². The van der Waals surface area contributed by atoms with E-state index in [1.54, 1.807) is 11.8 Å². The van der Waals surface area contributed by atoms with Crippen molar-refractivity contribution in [1.29, 1.82) is 0 Å². The molecule has 0 saturated carbocycles. The maximum Gasteiger partial charge on any atom is 0.272 e. The van der Waals surface area contributed by atoms with Gasteiger partial charge in [-0.1, -0.05) is 42.1 Å². The zero-order chi connectivity index (χ0) is 16.9. The van der Waals surface area contributed by atoms with E-state index in [4.69, 9.17) is 5.73 Å². The lowest BCUT2D eigenvalue weighted by atomic mass is 9.97. The summed E-state index contributed by atoms with van der Waals surface area (Å²) in [6.07, 6.45) is 2.18. The van der Waals surface area contributed by atoms with Crippen LogP contribution in [0.25, 0.3) is 0 Å². The van der Waals surface area contributed by atoms with Gasteiger partial charge in [0.15, 0.2) is 11.7 Å². The molecule has 0 aliphatic carbocycles. The van der Waals surface area contributed by atoms with E-state index in [2.05, 4.69) is 39.0 Å². The highest BCUT2D eigenvalue weighted by molar-refractivity contribution is 7.98. The molecule has 0 radical (unpaired) electrons. The van der Waals surface area contributed by atoms with Gasteiger partial charge in [0.05, 0.1) is 19.0 Å². The van der Waals surface area contributed by atoms with Crippen LogP contribution in [0, 0.1) is 0 Å². The monoisotopic (exact) mass is 346 g/mol. The van der Waals surface area contributed by atoms with E-state index in [1.165, 1.54) is 10.5 Å². The van der Waals surface area contributed by atoms with Crippen LogP contribution >= 0.6 is 11.8 Å². The summed E-state index contributed by atoms with van der Waals surface area (Å²) in [6, 6.07) is 10.4. The largest absolute Gasteiger partial charge is 0.365 e. The fraction of sp³-hybridized carbons (Fsp3) is 0.471. The number of carbonyl (C=O) groups is 1. The summed E-state index contributed by atoms with van der Waals surface area (Å²) in [6.45, 7) is 2.31. The maximum absolute atomic E-state index is 11.2. The molecule has 2 heterocycles. The summed E-state index contributed by atoms with van der Waals surface area (Å²) in [5, 5.41) is 9.74. The highest BCUT2D eigenvalue weighted by Crippen LogP contribution is 2.25. The molecule has 2 aromatic rings. The quantitative estimate of drug-likeness (QED) is 0.740. The van der Waals surface area contributed by atoms with Crippen molar-refractivity contribution < 1.29 is 9.69 Å². The third-order valence-corrected chi connectivity index (χ3v) is 5.58. The van der Waals surface area contributed by atoms with Gasteiger partial charge in [-0.25, -0.2) is 0 Å². The molecule has 0 bridgehead atoms. The second-order valence-electron chi connectivity index (χ2n) is 6.36. The van der Waals surface area contributed by atoms with Gasteiger partial charge in [0.25, 0.3) is 5.91 Å². The highest BCUT2D eigenvalue weighted by atomic mass is 32.2. The van der Waals surface area contributed by atoms with Crippen molar-refractivity contribution in [3.63, 3.8) is 0 Å². The summed E-state index contributed by atoms with van der Waals surface area (Å²) < 4.78 is 2.10. The average molecular weight is 346 g/mol. The Balaban J connectivity index is 1.64. The molecule has 1 aliphatic rings. The Morgan fingerprint density at radius 3 is 2.92 bits per heavy atom. The first-order valence-corrected chi connectivity index (χ1v) is 9.30. The minimum absolute atomic E-state index is 0.234. The molecular formula is C17H24N5OS+. The lowest BCUT2D eigenvalue weighted by Crippen LogP contribution is -3.14. The van der Waals surface area contributed by atoms with Crippen molar-refractivity contribution >= 4 is 17.7 Å². The fourth-order valence-corrected chi connectivity index (χ4v) is 4.18. The van der Waals surface area contributed by atoms with Gasteiger partial charge in [-0.3, -0.25) is 4.79 Å². The smallest absolute Gasteiger partial charge is 0.272 e. The average Bonchev–Trinajstić information content (AvgIpc) is 2.94. The number of quaternary nitrogens is 1. The summed E-state index contributed by atoms with van der Waals surface area (Å²) >= 11 is 1.70. The van der Waals surface area contributed by atoms with Gasteiger partial charge in [0.1, 0.15) is 5.82 Å². The van der Waals surface area contributed by atoms with E-state index in [-0.39, 0.29) is 5.91 Å². The number of rotatable bonds is 6. The summed E-state index contributed by atoms with van der Waals surface area (Å²) in [5.41, 5.74) is 6.62. The van der Waals surface area contributed by atoms with Crippen molar-refractivity contribution in [2.75, 3.05) is 19.6 Å². The number of amides is 1. The number of nitrogens with zero attached hydrogens (tertiary/aromatic N) is 3. The zero-order valence-electron chi connectivity index (χ0n) is 13.9. The number of aromatic nitrogens is 3. The van der Waals surface area contributed by atoms with Gasteiger partial charge >= 0.3 is 0 Å². The molecule has 128 valence electrons. The number of piperidine rings is 1. The molecule has 1 fully saturated rings. The third-order valence-electron chi connectivity index (χ3n) is 4.49. The van der Waals surface area contributed by atoms with Crippen molar-refractivity contribution in [2.45, 2.75) is 29.7 Å². The molecule has 1 aromatic heterocycles. The van der Waals surface area contributed by atoms with Crippen LogP contribution in [0.15, 0.2) is 35.5 Å². The predicted molar refractivity (Wildman–Crippen MR) is 93.7 cm³/mol. The Morgan fingerprint density at radius 2 is 2.17 bits per heavy atom. The van der Waals surface area contributed by atoms with E-state index in [0.29, 0.717) is 12.5 Å². The molecule has 7 heteroatoms. The highest BCUT2D eigenvalue weighted by Gasteiger charge is 2.29. The molecule has 1 aromatic carbocycles. The number of hydrogen-bond acceptors (Lipinski definition) is 4. The molecule has 1 unspecified atom stereocenters. The predicted octanol–water partition coefficient (Wildman–Crippen LogP) is 0.355. The number of benzene rings is 1. The Morgan fingerprint density at radius 1 is 1.38 bits per heavy atom. The first kappa shape index (κ1) is 17.0. The van der Waals surface area contributed by atoms with Crippen LogP contribution in [0.4, 0.5) is 0 Å². The number of nitrogens with one attached hydrogen (secondary N) is 1.